The van der Waals surface area contributed by atoms with Gasteiger partial charge in [0.1, 0.15) is 22.2 Å². The minimum atomic E-state index is -4.26. The lowest BCUT2D eigenvalue weighted by atomic mass is 10.1. The standard InChI is InChI=1S/C23H17ClFNO6S/c24-17-5-10-21(32-33(28,29)20-8-6-18(25)7-9-20)16(13-17)14-26(15-19-3-1-11-30-19)23(27)22-4-2-12-31-22/h1-13H,14-15H2. The Hall–Kier alpha value is -3.56. The summed E-state index contributed by atoms with van der Waals surface area (Å²) in [5.41, 5.74) is 0.333. The summed E-state index contributed by atoms with van der Waals surface area (Å²) in [5.74, 6) is -0.432. The van der Waals surface area contributed by atoms with Crippen LogP contribution in [0.15, 0.2) is 93.0 Å². The van der Waals surface area contributed by atoms with Crippen LogP contribution in [0.1, 0.15) is 21.9 Å². The Morgan fingerprint density at radius 3 is 2.36 bits per heavy atom. The van der Waals surface area contributed by atoms with Gasteiger partial charge < -0.3 is 17.9 Å². The summed E-state index contributed by atoms with van der Waals surface area (Å²) in [6, 6.07) is 15.1. The Balaban J connectivity index is 1.66. The number of nitrogens with zero attached hydrogens (tertiary/aromatic N) is 1. The molecule has 10 heteroatoms. The van der Waals surface area contributed by atoms with Gasteiger partial charge in [-0.25, -0.2) is 4.39 Å². The predicted molar refractivity (Wildman–Crippen MR) is 117 cm³/mol. The van der Waals surface area contributed by atoms with E-state index in [1.165, 1.54) is 41.7 Å². The summed E-state index contributed by atoms with van der Waals surface area (Å²) in [5, 5.41) is 0.319. The maximum atomic E-state index is 13.2. The van der Waals surface area contributed by atoms with Gasteiger partial charge in [0, 0.05) is 10.6 Å². The van der Waals surface area contributed by atoms with Crippen molar-refractivity contribution in [2.75, 3.05) is 0 Å². The van der Waals surface area contributed by atoms with E-state index in [1.54, 1.807) is 18.2 Å². The molecule has 0 fully saturated rings. The minimum Gasteiger partial charge on any atom is -0.467 e. The summed E-state index contributed by atoms with van der Waals surface area (Å²) >= 11 is 6.14. The van der Waals surface area contributed by atoms with Crippen LogP contribution in [0.4, 0.5) is 4.39 Å². The molecular formula is C23H17ClFNO6S. The van der Waals surface area contributed by atoms with Crippen LogP contribution < -0.4 is 4.18 Å². The number of carbonyl (C=O) groups is 1. The number of furan rings is 2. The molecule has 1 amide bonds. The highest BCUT2D eigenvalue weighted by Crippen LogP contribution is 2.29. The van der Waals surface area contributed by atoms with Gasteiger partial charge in [0.05, 0.1) is 25.6 Å². The lowest BCUT2D eigenvalue weighted by Gasteiger charge is -2.22. The lowest BCUT2D eigenvalue weighted by molar-refractivity contribution is 0.0684. The van der Waals surface area contributed by atoms with Crippen LogP contribution in [0.5, 0.6) is 5.75 Å². The Morgan fingerprint density at radius 1 is 0.970 bits per heavy atom. The average Bonchev–Trinajstić information content (AvgIpc) is 3.49. The largest absolute Gasteiger partial charge is 0.467 e. The van der Waals surface area contributed by atoms with Crippen molar-refractivity contribution in [3.8, 4) is 5.75 Å². The van der Waals surface area contributed by atoms with E-state index in [4.69, 9.17) is 24.6 Å². The van der Waals surface area contributed by atoms with E-state index in [1.807, 2.05) is 0 Å². The van der Waals surface area contributed by atoms with Crippen molar-refractivity contribution in [2.45, 2.75) is 18.0 Å². The molecule has 0 atom stereocenters. The zero-order valence-electron chi connectivity index (χ0n) is 17.0. The lowest BCUT2D eigenvalue weighted by Crippen LogP contribution is -2.30. The van der Waals surface area contributed by atoms with Crippen molar-refractivity contribution in [1.29, 1.82) is 0 Å². The fourth-order valence-corrected chi connectivity index (χ4v) is 4.23. The Morgan fingerprint density at radius 2 is 1.70 bits per heavy atom. The third kappa shape index (κ3) is 5.44. The van der Waals surface area contributed by atoms with Gasteiger partial charge in [-0.1, -0.05) is 11.6 Å². The molecule has 0 radical (unpaired) electrons. The zero-order chi connectivity index (χ0) is 23.4. The predicted octanol–water partition coefficient (Wildman–Crippen LogP) is 5.28. The van der Waals surface area contributed by atoms with E-state index < -0.39 is 21.8 Å². The smallest absolute Gasteiger partial charge is 0.339 e. The molecule has 0 bridgehead atoms. The fraction of sp³-hybridized carbons (Fsp3) is 0.0870. The Kier molecular flexibility index (Phi) is 6.52. The Bertz CT molecular complexity index is 1340. The molecule has 33 heavy (non-hydrogen) atoms. The maximum absolute atomic E-state index is 13.2. The number of halogens is 2. The highest BCUT2D eigenvalue weighted by molar-refractivity contribution is 7.87. The van der Waals surface area contributed by atoms with Gasteiger partial charge in [-0.3, -0.25) is 4.79 Å². The van der Waals surface area contributed by atoms with Crippen LogP contribution >= 0.6 is 11.6 Å². The number of hydrogen-bond donors (Lipinski definition) is 0. The van der Waals surface area contributed by atoms with Crippen LogP contribution in [0, 0.1) is 5.82 Å². The second-order valence-corrected chi connectivity index (χ2v) is 8.94. The average molecular weight is 490 g/mol. The summed E-state index contributed by atoms with van der Waals surface area (Å²) in [4.78, 5) is 14.2. The molecule has 0 saturated carbocycles. The molecule has 2 heterocycles. The summed E-state index contributed by atoms with van der Waals surface area (Å²) in [6.45, 7) is 0.0261. The van der Waals surface area contributed by atoms with Gasteiger partial charge >= 0.3 is 10.1 Å². The van der Waals surface area contributed by atoms with Crippen molar-refractivity contribution in [3.63, 3.8) is 0 Å². The zero-order valence-corrected chi connectivity index (χ0v) is 18.6. The highest BCUT2D eigenvalue weighted by Gasteiger charge is 2.24. The molecule has 170 valence electrons. The van der Waals surface area contributed by atoms with Crippen LogP contribution in [-0.2, 0) is 23.2 Å². The van der Waals surface area contributed by atoms with Gasteiger partial charge in [-0.05, 0) is 66.7 Å². The molecule has 4 rings (SSSR count). The number of hydrogen-bond acceptors (Lipinski definition) is 6. The quantitative estimate of drug-likeness (QED) is 0.313. The van der Waals surface area contributed by atoms with E-state index in [0.717, 1.165) is 24.3 Å². The fourth-order valence-electron chi connectivity index (χ4n) is 3.07. The molecule has 0 aliphatic heterocycles. The topological polar surface area (TPSA) is 90.0 Å². The van der Waals surface area contributed by atoms with E-state index in [-0.39, 0.29) is 29.5 Å². The first kappa shape index (κ1) is 22.6. The van der Waals surface area contributed by atoms with E-state index in [9.17, 15) is 17.6 Å². The first-order valence-corrected chi connectivity index (χ1v) is 11.4. The molecule has 7 nitrogen and oxygen atoms in total. The first-order chi connectivity index (χ1) is 15.8. The molecule has 0 N–H and O–H groups in total. The molecule has 0 unspecified atom stereocenters. The van der Waals surface area contributed by atoms with Gasteiger partial charge in [0.15, 0.2) is 5.76 Å². The summed E-state index contributed by atoms with van der Waals surface area (Å²) < 4.78 is 54.6. The molecule has 0 saturated heterocycles. The third-order valence-corrected chi connectivity index (χ3v) is 6.12. The van der Waals surface area contributed by atoms with Gasteiger partial charge in [-0.2, -0.15) is 8.42 Å². The van der Waals surface area contributed by atoms with Gasteiger partial charge in [0.25, 0.3) is 5.91 Å². The van der Waals surface area contributed by atoms with Crippen LogP contribution in [-0.4, -0.2) is 19.2 Å². The van der Waals surface area contributed by atoms with Crippen LogP contribution in [0.3, 0.4) is 0 Å². The highest BCUT2D eigenvalue weighted by atomic mass is 35.5. The van der Waals surface area contributed by atoms with Crippen LogP contribution in [0.2, 0.25) is 5.02 Å². The molecule has 0 aliphatic carbocycles. The molecule has 4 aromatic rings. The monoisotopic (exact) mass is 489 g/mol. The number of rotatable bonds is 8. The van der Waals surface area contributed by atoms with Crippen molar-refractivity contribution in [3.05, 3.63) is 107 Å². The van der Waals surface area contributed by atoms with Crippen molar-refractivity contribution < 1.29 is 30.6 Å². The molecule has 0 aliphatic rings. The molecular weight excluding hydrogens is 473 g/mol. The molecule has 2 aromatic carbocycles. The molecule has 0 spiro atoms. The normalized spacial score (nSPS) is 11.3. The van der Waals surface area contributed by atoms with Crippen molar-refractivity contribution >= 4 is 27.6 Å². The summed E-state index contributed by atoms with van der Waals surface area (Å²) in [7, 11) is -4.26. The number of benzene rings is 2. The van der Waals surface area contributed by atoms with E-state index >= 15 is 0 Å². The number of amides is 1. The second-order valence-electron chi connectivity index (χ2n) is 6.96. The summed E-state index contributed by atoms with van der Waals surface area (Å²) in [6.07, 6.45) is 2.86. The van der Waals surface area contributed by atoms with Gasteiger partial charge in [0.2, 0.25) is 0 Å². The van der Waals surface area contributed by atoms with Crippen molar-refractivity contribution in [1.82, 2.24) is 4.90 Å². The number of carbonyl (C=O) groups excluding carboxylic acids is 1. The van der Waals surface area contributed by atoms with Crippen LogP contribution in [0.25, 0.3) is 0 Å². The van der Waals surface area contributed by atoms with E-state index in [2.05, 4.69) is 0 Å². The Labute approximate surface area is 194 Å². The molecule has 2 aromatic heterocycles. The first-order valence-electron chi connectivity index (χ1n) is 9.65. The van der Waals surface area contributed by atoms with E-state index in [0.29, 0.717) is 16.3 Å². The van der Waals surface area contributed by atoms with Crippen molar-refractivity contribution in [2.24, 2.45) is 0 Å². The van der Waals surface area contributed by atoms with Gasteiger partial charge in [-0.15, -0.1) is 0 Å². The second kappa shape index (κ2) is 9.51. The maximum Gasteiger partial charge on any atom is 0.339 e. The minimum absolute atomic E-state index is 0.0274. The third-order valence-electron chi connectivity index (χ3n) is 4.63. The SMILES string of the molecule is O=C(c1ccco1)N(Cc1ccco1)Cc1cc(Cl)ccc1OS(=O)(=O)c1ccc(F)cc1.